The molecule has 0 saturated carbocycles. The van der Waals surface area contributed by atoms with Gasteiger partial charge in [0, 0.05) is 32.2 Å². The van der Waals surface area contributed by atoms with Crippen molar-refractivity contribution in [3.8, 4) is 11.5 Å². The largest absolute Gasteiger partial charge is 0.492 e. The maximum atomic E-state index is 10.9. The Balaban J connectivity index is 0.000000150. The summed E-state index contributed by atoms with van der Waals surface area (Å²) in [5.74, 6) is 1.58. The summed E-state index contributed by atoms with van der Waals surface area (Å²) < 4.78 is 10.8. The van der Waals surface area contributed by atoms with Gasteiger partial charge in [0.05, 0.1) is 31.0 Å². The Kier molecular flexibility index (Phi) is 5.45. The molecule has 7 nitrogen and oxygen atoms in total. The van der Waals surface area contributed by atoms with Crippen molar-refractivity contribution >= 4 is 5.91 Å². The fourth-order valence-electron chi connectivity index (χ4n) is 2.83. The van der Waals surface area contributed by atoms with Gasteiger partial charge in [0.15, 0.2) is 0 Å². The van der Waals surface area contributed by atoms with Gasteiger partial charge in [-0.2, -0.15) is 0 Å². The smallest absolute Gasteiger partial charge is 0.217 e. The van der Waals surface area contributed by atoms with Crippen LogP contribution in [0, 0.1) is 0 Å². The average molecular weight is 342 g/mol. The second kappa shape index (κ2) is 7.94. The van der Waals surface area contributed by atoms with Gasteiger partial charge in [-0.15, -0.1) is 0 Å². The zero-order valence-corrected chi connectivity index (χ0v) is 14.1. The van der Waals surface area contributed by atoms with Crippen LogP contribution in [0.3, 0.4) is 0 Å². The van der Waals surface area contributed by atoms with Crippen LogP contribution < -0.4 is 20.5 Å². The Labute approximate surface area is 146 Å². The van der Waals surface area contributed by atoms with Crippen molar-refractivity contribution in [2.75, 3.05) is 13.2 Å². The molecule has 0 unspecified atom stereocenters. The van der Waals surface area contributed by atoms with E-state index in [0.717, 1.165) is 35.7 Å². The lowest BCUT2D eigenvalue weighted by Gasteiger charge is -2.24. The Bertz CT molecular complexity index is 738. The minimum absolute atomic E-state index is 0.00236. The van der Waals surface area contributed by atoms with Crippen LogP contribution in [-0.2, 0) is 4.79 Å². The molecule has 0 spiro atoms. The van der Waals surface area contributed by atoms with Crippen molar-refractivity contribution in [2.45, 2.75) is 31.8 Å². The van der Waals surface area contributed by atoms with Crippen molar-refractivity contribution in [3.63, 3.8) is 0 Å². The molecule has 0 aliphatic carbocycles. The number of amides is 1. The molecule has 0 saturated heterocycles. The summed E-state index contributed by atoms with van der Waals surface area (Å²) >= 11 is 0. The number of rotatable bonds is 1. The zero-order valence-electron chi connectivity index (χ0n) is 14.1. The highest BCUT2D eigenvalue weighted by atomic mass is 16.5. The normalized spacial score (nSPS) is 20.6. The first kappa shape index (κ1) is 17.2. The minimum Gasteiger partial charge on any atom is -0.492 e. The Morgan fingerprint density at radius 3 is 2.32 bits per heavy atom. The highest BCUT2D eigenvalue weighted by Crippen LogP contribution is 2.29. The van der Waals surface area contributed by atoms with Crippen LogP contribution in [0.25, 0.3) is 0 Å². The van der Waals surface area contributed by atoms with Gasteiger partial charge in [0.1, 0.15) is 17.2 Å². The number of carbonyl (C=O) groups excluding carboxylic acids is 1. The van der Waals surface area contributed by atoms with Gasteiger partial charge in [-0.25, -0.2) is 0 Å². The molecule has 0 bridgehead atoms. The standard InChI is InChI=1S/C10H12N2O2.C8H10N2O/c1-7(13)12-8-4-6-14-9-3-2-5-11-10(8)9;9-6-3-5-11-7-2-1-4-10-8(6)7/h2-3,5,8H,4,6H2,1H3,(H,12,13);1-2,4,6H,3,5,9H2/t8-;6-/m10/s1. The summed E-state index contributed by atoms with van der Waals surface area (Å²) in [4.78, 5) is 19.3. The van der Waals surface area contributed by atoms with Gasteiger partial charge in [-0.1, -0.05) is 0 Å². The van der Waals surface area contributed by atoms with E-state index < -0.39 is 0 Å². The Morgan fingerprint density at radius 2 is 1.68 bits per heavy atom. The van der Waals surface area contributed by atoms with E-state index in [1.165, 1.54) is 6.92 Å². The van der Waals surface area contributed by atoms with Crippen LogP contribution in [0.1, 0.15) is 43.2 Å². The summed E-state index contributed by atoms with van der Waals surface area (Å²) in [7, 11) is 0. The molecule has 25 heavy (non-hydrogen) atoms. The summed E-state index contributed by atoms with van der Waals surface area (Å²) in [6, 6.07) is 7.51. The predicted octanol–water partition coefficient (Wildman–Crippen LogP) is 1.91. The first-order valence-corrected chi connectivity index (χ1v) is 8.33. The molecule has 1 amide bonds. The summed E-state index contributed by atoms with van der Waals surface area (Å²) in [6.07, 6.45) is 5.10. The van der Waals surface area contributed by atoms with Crippen LogP contribution in [0.2, 0.25) is 0 Å². The van der Waals surface area contributed by atoms with E-state index in [4.69, 9.17) is 15.2 Å². The number of ether oxygens (including phenoxy) is 2. The molecule has 2 aromatic heterocycles. The molecule has 132 valence electrons. The molecule has 4 rings (SSSR count). The number of nitrogens with one attached hydrogen (secondary N) is 1. The third-order valence-electron chi connectivity index (χ3n) is 4.01. The van der Waals surface area contributed by atoms with Crippen LogP contribution in [0.5, 0.6) is 11.5 Å². The van der Waals surface area contributed by atoms with E-state index >= 15 is 0 Å². The van der Waals surface area contributed by atoms with Crippen molar-refractivity contribution in [1.82, 2.24) is 15.3 Å². The quantitative estimate of drug-likeness (QED) is 0.821. The van der Waals surface area contributed by atoms with Crippen molar-refractivity contribution in [1.29, 1.82) is 0 Å². The molecule has 3 N–H and O–H groups in total. The summed E-state index contributed by atoms with van der Waals surface area (Å²) in [6.45, 7) is 2.85. The van der Waals surface area contributed by atoms with E-state index in [9.17, 15) is 4.79 Å². The van der Waals surface area contributed by atoms with Crippen molar-refractivity contribution < 1.29 is 14.3 Å². The molecular formula is C18H22N4O3. The number of aromatic nitrogens is 2. The summed E-state index contributed by atoms with van der Waals surface area (Å²) in [5, 5.41) is 2.86. The number of nitrogens with two attached hydrogens (primary N) is 1. The van der Waals surface area contributed by atoms with Crippen molar-refractivity contribution in [3.05, 3.63) is 48.0 Å². The molecule has 2 aliphatic heterocycles. The number of carbonyl (C=O) groups is 1. The lowest BCUT2D eigenvalue weighted by Crippen LogP contribution is -2.31. The predicted molar refractivity (Wildman–Crippen MR) is 92.2 cm³/mol. The SMILES string of the molecule is CC(=O)N[C@@H]1CCOc2cccnc21.N[C@H]1CCOc2cccnc21. The Morgan fingerprint density at radius 1 is 1.08 bits per heavy atom. The molecule has 2 atom stereocenters. The van der Waals surface area contributed by atoms with Crippen LogP contribution in [-0.4, -0.2) is 29.1 Å². The first-order valence-electron chi connectivity index (χ1n) is 8.33. The van der Waals surface area contributed by atoms with Gasteiger partial charge in [-0.05, 0) is 24.3 Å². The molecule has 4 heterocycles. The Hall–Kier alpha value is -2.67. The molecule has 0 radical (unpaired) electrons. The van der Waals surface area contributed by atoms with Gasteiger partial charge < -0.3 is 20.5 Å². The topological polar surface area (TPSA) is 99.4 Å². The number of hydrogen-bond acceptors (Lipinski definition) is 6. The molecule has 2 aromatic rings. The van der Waals surface area contributed by atoms with Crippen LogP contribution in [0.15, 0.2) is 36.7 Å². The highest BCUT2D eigenvalue weighted by molar-refractivity contribution is 5.73. The van der Waals surface area contributed by atoms with Gasteiger partial charge in [0.25, 0.3) is 0 Å². The number of pyridine rings is 2. The number of nitrogens with zero attached hydrogens (tertiary/aromatic N) is 2. The molecule has 7 heteroatoms. The number of fused-ring (bicyclic) bond motifs is 2. The van der Waals surface area contributed by atoms with E-state index in [2.05, 4.69) is 15.3 Å². The fraction of sp³-hybridized carbons (Fsp3) is 0.389. The maximum absolute atomic E-state index is 10.9. The average Bonchev–Trinajstić information content (AvgIpc) is 2.63. The minimum atomic E-state index is -0.0338. The molecule has 0 fully saturated rings. The monoisotopic (exact) mass is 342 g/mol. The second-order valence-electron chi connectivity index (χ2n) is 5.91. The maximum Gasteiger partial charge on any atom is 0.217 e. The molecule has 2 aliphatic rings. The highest BCUT2D eigenvalue weighted by Gasteiger charge is 2.22. The van der Waals surface area contributed by atoms with Gasteiger partial charge >= 0.3 is 0 Å². The fourth-order valence-corrected chi connectivity index (χ4v) is 2.83. The third-order valence-corrected chi connectivity index (χ3v) is 4.01. The number of hydrogen-bond donors (Lipinski definition) is 2. The second-order valence-corrected chi connectivity index (χ2v) is 5.91. The first-order chi connectivity index (χ1) is 12.1. The molecule has 0 aromatic carbocycles. The van der Waals surface area contributed by atoms with Crippen LogP contribution >= 0.6 is 0 Å². The van der Waals surface area contributed by atoms with Gasteiger partial charge in [-0.3, -0.25) is 14.8 Å². The van der Waals surface area contributed by atoms with E-state index in [-0.39, 0.29) is 18.0 Å². The van der Waals surface area contributed by atoms with E-state index in [1.54, 1.807) is 12.4 Å². The lowest BCUT2D eigenvalue weighted by molar-refractivity contribution is -0.119. The lowest BCUT2D eigenvalue weighted by atomic mass is 10.1. The molecular weight excluding hydrogens is 320 g/mol. The third kappa shape index (κ3) is 4.24. The van der Waals surface area contributed by atoms with Gasteiger partial charge in [0.2, 0.25) is 5.91 Å². The van der Waals surface area contributed by atoms with Crippen LogP contribution in [0.4, 0.5) is 0 Å². The summed E-state index contributed by atoms with van der Waals surface area (Å²) in [5.41, 5.74) is 7.52. The van der Waals surface area contributed by atoms with E-state index in [1.807, 2.05) is 24.3 Å². The van der Waals surface area contributed by atoms with E-state index in [0.29, 0.717) is 13.2 Å². The van der Waals surface area contributed by atoms with Crippen molar-refractivity contribution in [2.24, 2.45) is 5.73 Å². The zero-order chi connectivity index (χ0) is 17.6.